The normalized spacial score (nSPS) is 11.7. The Morgan fingerprint density at radius 2 is 2.06 bits per heavy atom. The summed E-state index contributed by atoms with van der Waals surface area (Å²) in [5, 5.41) is 8.61. The largest absolute Gasteiger partial charge is 0.417 e. The number of hydrogen-bond acceptors (Lipinski definition) is 2. The summed E-state index contributed by atoms with van der Waals surface area (Å²) < 4.78 is 37.8. The number of nitrogens with zero attached hydrogens (tertiary/aromatic N) is 1. The van der Waals surface area contributed by atoms with Gasteiger partial charge < -0.3 is 0 Å². The second kappa shape index (κ2) is 5.78. The van der Waals surface area contributed by atoms with Crippen LogP contribution < -0.4 is 0 Å². The summed E-state index contributed by atoms with van der Waals surface area (Å²) in [7, 11) is 0. The van der Waals surface area contributed by atoms with E-state index in [9.17, 15) is 13.2 Å². The molecule has 1 rings (SSSR count). The summed E-state index contributed by atoms with van der Waals surface area (Å²) in [5.41, 5.74) is -0.824. The van der Waals surface area contributed by atoms with Crippen LogP contribution in [-0.4, -0.2) is 5.75 Å². The van der Waals surface area contributed by atoms with Crippen LogP contribution in [0.3, 0.4) is 0 Å². The molecule has 0 aliphatic carbocycles. The topological polar surface area (TPSA) is 23.8 Å². The molecular formula is C12H10F3NS. The molecule has 0 unspecified atom stereocenters. The van der Waals surface area contributed by atoms with Crippen LogP contribution in [-0.2, 0) is 6.18 Å². The summed E-state index contributed by atoms with van der Waals surface area (Å²) >= 11 is 3.99. The molecule has 90 valence electrons. The molecule has 0 saturated carbocycles. The highest BCUT2D eigenvalue weighted by atomic mass is 32.1. The maximum absolute atomic E-state index is 12.6. The first-order valence-corrected chi connectivity index (χ1v) is 5.51. The quantitative estimate of drug-likeness (QED) is 0.815. The van der Waals surface area contributed by atoms with Crippen molar-refractivity contribution in [3.63, 3.8) is 0 Å². The molecule has 0 aliphatic heterocycles. The van der Waals surface area contributed by atoms with E-state index in [1.54, 1.807) is 18.2 Å². The van der Waals surface area contributed by atoms with E-state index < -0.39 is 11.7 Å². The van der Waals surface area contributed by atoms with E-state index in [0.29, 0.717) is 17.7 Å². The summed E-state index contributed by atoms with van der Waals surface area (Å²) in [5.74, 6) is 0.638. The third-order valence-electron chi connectivity index (χ3n) is 2.08. The van der Waals surface area contributed by atoms with Crippen molar-refractivity contribution < 1.29 is 13.2 Å². The van der Waals surface area contributed by atoms with Crippen LogP contribution in [0.5, 0.6) is 0 Å². The molecule has 0 fully saturated rings. The molecule has 1 aromatic carbocycles. The van der Waals surface area contributed by atoms with Crippen molar-refractivity contribution in [1.82, 2.24) is 0 Å². The van der Waals surface area contributed by atoms with Gasteiger partial charge in [0.25, 0.3) is 0 Å². The minimum atomic E-state index is -4.50. The summed E-state index contributed by atoms with van der Waals surface area (Å²) in [4.78, 5) is 0. The average Bonchev–Trinajstić information content (AvgIpc) is 2.28. The van der Waals surface area contributed by atoms with Gasteiger partial charge in [0.15, 0.2) is 0 Å². The maximum atomic E-state index is 12.6. The third-order valence-corrected chi connectivity index (χ3v) is 2.33. The fourth-order valence-corrected chi connectivity index (χ4v) is 1.44. The van der Waals surface area contributed by atoms with Gasteiger partial charge in [-0.15, -0.1) is 0 Å². The van der Waals surface area contributed by atoms with Gasteiger partial charge in [-0.3, -0.25) is 0 Å². The molecule has 0 spiro atoms. The molecule has 5 heteroatoms. The minimum Gasteiger partial charge on any atom is -0.192 e. The Morgan fingerprint density at radius 1 is 1.35 bits per heavy atom. The average molecular weight is 257 g/mol. The number of alkyl halides is 3. The lowest BCUT2D eigenvalue weighted by atomic mass is 10.0. The highest BCUT2D eigenvalue weighted by Gasteiger charge is 2.33. The molecule has 0 aliphatic rings. The van der Waals surface area contributed by atoms with Crippen LogP contribution in [0, 0.1) is 11.3 Å². The van der Waals surface area contributed by atoms with Crippen LogP contribution in [0.2, 0.25) is 0 Å². The Morgan fingerprint density at radius 3 is 2.59 bits per heavy atom. The van der Waals surface area contributed by atoms with Crippen LogP contribution >= 0.6 is 12.6 Å². The standard InChI is InChI=1S/C12H10F3NS/c13-12(14,15)11-7-9(3-1-2-6-17)4-5-10(11)8-16/h1,3-5,7,17H,2,6H2. The number of halogens is 3. The molecule has 0 atom stereocenters. The van der Waals surface area contributed by atoms with Crippen molar-refractivity contribution in [2.45, 2.75) is 12.6 Å². The molecule has 17 heavy (non-hydrogen) atoms. The van der Waals surface area contributed by atoms with E-state index in [0.717, 1.165) is 6.07 Å². The fourth-order valence-electron chi connectivity index (χ4n) is 1.29. The van der Waals surface area contributed by atoms with Crippen molar-refractivity contribution in [2.24, 2.45) is 0 Å². The SMILES string of the molecule is N#Cc1ccc(C=CCCS)cc1C(F)(F)F. The van der Waals surface area contributed by atoms with Gasteiger partial charge in [0.2, 0.25) is 0 Å². The molecule has 0 heterocycles. The first kappa shape index (κ1) is 13.7. The molecule has 0 saturated heterocycles. The van der Waals surface area contributed by atoms with Crippen molar-refractivity contribution >= 4 is 18.7 Å². The van der Waals surface area contributed by atoms with Crippen LogP contribution in [0.25, 0.3) is 6.08 Å². The van der Waals surface area contributed by atoms with E-state index in [1.165, 1.54) is 12.1 Å². The number of nitriles is 1. The van der Waals surface area contributed by atoms with E-state index in [2.05, 4.69) is 12.6 Å². The molecule has 0 radical (unpaired) electrons. The van der Waals surface area contributed by atoms with Crippen LogP contribution in [0.4, 0.5) is 13.2 Å². The summed E-state index contributed by atoms with van der Waals surface area (Å²) in [6, 6.07) is 5.19. The molecule has 1 nitrogen and oxygen atoms in total. The number of benzene rings is 1. The van der Waals surface area contributed by atoms with Crippen LogP contribution in [0.1, 0.15) is 23.1 Å². The zero-order chi connectivity index (χ0) is 12.9. The Bertz CT molecular complexity index is 458. The molecule has 0 aromatic heterocycles. The third kappa shape index (κ3) is 3.82. The zero-order valence-electron chi connectivity index (χ0n) is 8.83. The van der Waals surface area contributed by atoms with E-state index in [1.807, 2.05) is 0 Å². The van der Waals surface area contributed by atoms with Gasteiger partial charge >= 0.3 is 6.18 Å². The lowest BCUT2D eigenvalue weighted by Crippen LogP contribution is -2.07. The number of thiol groups is 1. The van der Waals surface area contributed by atoms with Gasteiger partial charge in [0.05, 0.1) is 17.2 Å². The number of allylic oxidation sites excluding steroid dienone is 1. The van der Waals surface area contributed by atoms with Crippen LogP contribution in [0.15, 0.2) is 24.3 Å². The highest BCUT2D eigenvalue weighted by Crippen LogP contribution is 2.32. The minimum absolute atomic E-state index is 0.358. The Kier molecular flexibility index (Phi) is 4.64. The highest BCUT2D eigenvalue weighted by molar-refractivity contribution is 7.80. The van der Waals surface area contributed by atoms with Gasteiger partial charge in [-0.25, -0.2) is 0 Å². The van der Waals surface area contributed by atoms with Crippen molar-refractivity contribution in [3.05, 3.63) is 41.0 Å². The predicted octanol–water partition coefficient (Wildman–Crippen LogP) is 3.91. The van der Waals surface area contributed by atoms with E-state index in [-0.39, 0.29) is 5.56 Å². The summed E-state index contributed by atoms with van der Waals surface area (Å²) in [6.45, 7) is 0. The van der Waals surface area contributed by atoms with Crippen molar-refractivity contribution in [1.29, 1.82) is 5.26 Å². The number of hydrogen-bond donors (Lipinski definition) is 1. The number of rotatable bonds is 3. The van der Waals surface area contributed by atoms with Crippen molar-refractivity contribution in [3.8, 4) is 6.07 Å². The fraction of sp³-hybridized carbons (Fsp3) is 0.250. The first-order valence-electron chi connectivity index (χ1n) is 4.88. The van der Waals surface area contributed by atoms with E-state index >= 15 is 0 Å². The lowest BCUT2D eigenvalue weighted by molar-refractivity contribution is -0.137. The van der Waals surface area contributed by atoms with Gasteiger partial charge in [-0.2, -0.15) is 31.1 Å². The monoisotopic (exact) mass is 257 g/mol. The predicted molar refractivity (Wildman–Crippen MR) is 63.7 cm³/mol. The van der Waals surface area contributed by atoms with Crippen molar-refractivity contribution in [2.75, 3.05) is 5.75 Å². The maximum Gasteiger partial charge on any atom is 0.417 e. The lowest BCUT2D eigenvalue weighted by Gasteiger charge is -2.09. The molecule has 0 N–H and O–H groups in total. The molecule has 0 bridgehead atoms. The second-order valence-electron chi connectivity index (χ2n) is 3.33. The van der Waals surface area contributed by atoms with Gasteiger partial charge in [-0.1, -0.05) is 18.2 Å². The molecule has 0 amide bonds. The smallest absolute Gasteiger partial charge is 0.192 e. The first-order chi connectivity index (χ1) is 7.99. The molecular weight excluding hydrogens is 247 g/mol. The zero-order valence-corrected chi connectivity index (χ0v) is 9.72. The Hall–Kier alpha value is -1.41. The van der Waals surface area contributed by atoms with Gasteiger partial charge in [0, 0.05) is 0 Å². The second-order valence-corrected chi connectivity index (χ2v) is 3.78. The van der Waals surface area contributed by atoms with Gasteiger partial charge in [-0.05, 0) is 29.9 Å². The summed E-state index contributed by atoms with van der Waals surface area (Å²) in [6.07, 6.45) is -0.482. The van der Waals surface area contributed by atoms with Gasteiger partial charge in [0.1, 0.15) is 0 Å². The van der Waals surface area contributed by atoms with E-state index in [4.69, 9.17) is 5.26 Å². The Labute approximate surface area is 103 Å². The molecule has 1 aromatic rings. The Balaban J connectivity index is 3.11.